The molecule has 2 saturated carbocycles. The Bertz CT molecular complexity index is 1550. The molecule has 0 unspecified atom stereocenters. The topological polar surface area (TPSA) is 137 Å². The number of alkyl halides is 3. The van der Waals surface area contributed by atoms with Gasteiger partial charge in [-0.1, -0.05) is 5.16 Å². The number of fused-ring (bicyclic) bond motifs is 1. The van der Waals surface area contributed by atoms with E-state index >= 15 is 4.39 Å². The van der Waals surface area contributed by atoms with Gasteiger partial charge < -0.3 is 15.6 Å². The predicted octanol–water partition coefficient (Wildman–Crippen LogP) is 4.91. The fraction of sp³-hybridized carbons (Fsp3) is 0.318. The second kappa shape index (κ2) is 7.85. The molecule has 2 aliphatic carbocycles. The zero-order valence-corrected chi connectivity index (χ0v) is 18.7. The van der Waals surface area contributed by atoms with Crippen molar-refractivity contribution in [3.05, 3.63) is 41.9 Å². The smallest absolute Gasteiger partial charge is 0.383 e. The van der Waals surface area contributed by atoms with E-state index < -0.39 is 40.7 Å². The van der Waals surface area contributed by atoms with Gasteiger partial charge in [-0.3, -0.25) is 5.32 Å². The highest BCUT2D eigenvalue weighted by molar-refractivity contribution is 6.01. The normalized spacial score (nSPS) is 16.7. The molecule has 0 bridgehead atoms. The summed E-state index contributed by atoms with van der Waals surface area (Å²) in [6.45, 7) is 0. The molecule has 2 amide bonds. The molecule has 15 heteroatoms. The van der Waals surface area contributed by atoms with Gasteiger partial charge in [0.05, 0.1) is 17.1 Å². The van der Waals surface area contributed by atoms with Gasteiger partial charge in [-0.2, -0.15) is 18.3 Å². The first-order chi connectivity index (χ1) is 17.6. The van der Waals surface area contributed by atoms with Crippen LogP contribution in [-0.4, -0.2) is 37.1 Å². The van der Waals surface area contributed by atoms with Gasteiger partial charge in [0.2, 0.25) is 0 Å². The Labute approximate surface area is 204 Å². The minimum Gasteiger partial charge on any atom is -0.383 e. The number of amides is 2. The van der Waals surface area contributed by atoms with Gasteiger partial charge in [-0.25, -0.2) is 28.2 Å². The van der Waals surface area contributed by atoms with E-state index in [0.717, 1.165) is 31.0 Å². The molecule has 6 rings (SSSR count). The number of hydrogen-bond donors (Lipinski definition) is 3. The highest BCUT2D eigenvalue weighted by Gasteiger charge is 2.66. The second-order valence-corrected chi connectivity index (χ2v) is 9.03. The van der Waals surface area contributed by atoms with E-state index in [1.165, 1.54) is 6.33 Å². The quantitative estimate of drug-likeness (QED) is 0.318. The Morgan fingerprint density at radius 1 is 1.11 bits per heavy atom. The van der Waals surface area contributed by atoms with Crippen molar-refractivity contribution in [1.82, 2.24) is 24.9 Å². The van der Waals surface area contributed by atoms with Crippen molar-refractivity contribution in [3.8, 4) is 11.3 Å². The maximum atomic E-state index is 15.1. The van der Waals surface area contributed by atoms with Crippen LogP contribution in [0.15, 0.2) is 29.0 Å². The van der Waals surface area contributed by atoms with Gasteiger partial charge in [-0.15, -0.1) is 0 Å². The Hall–Kier alpha value is -4.30. The molecular weight excluding hydrogens is 503 g/mol. The third-order valence-corrected chi connectivity index (χ3v) is 6.49. The number of nitrogens with one attached hydrogen (secondary N) is 2. The maximum absolute atomic E-state index is 15.1. The van der Waals surface area contributed by atoms with Crippen LogP contribution in [0.5, 0.6) is 0 Å². The van der Waals surface area contributed by atoms with E-state index in [9.17, 15) is 22.4 Å². The molecule has 3 heterocycles. The van der Waals surface area contributed by atoms with Crippen molar-refractivity contribution in [1.29, 1.82) is 0 Å². The van der Waals surface area contributed by atoms with Gasteiger partial charge in [-0.05, 0) is 31.7 Å². The van der Waals surface area contributed by atoms with Crippen LogP contribution in [0.25, 0.3) is 22.3 Å². The van der Waals surface area contributed by atoms with Crippen molar-refractivity contribution < 1.29 is 31.3 Å². The second-order valence-electron chi connectivity index (χ2n) is 9.03. The van der Waals surface area contributed by atoms with Gasteiger partial charge in [0.15, 0.2) is 17.2 Å². The third-order valence-electron chi connectivity index (χ3n) is 6.49. The Balaban J connectivity index is 1.24. The standard InChI is InChI=1S/C22H17F5N8O2/c23-11-6-13(31-20(36)32-15-7-14(37-34-15)21(3-4-21)22(25,26)27)12(24)5-10(11)17-16-18(28)29-8-30-19(16)35(33-17)9-1-2-9/h5-9H,1-4H2,(H2,28,29,30)(H2,31,32,34,36). The summed E-state index contributed by atoms with van der Waals surface area (Å²) < 4.78 is 76.2. The summed E-state index contributed by atoms with van der Waals surface area (Å²) in [5.41, 5.74) is 3.59. The molecule has 1 aromatic carbocycles. The Morgan fingerprint density at radius 3 is 2.54 bits per heavy atom. The molecule has 0 spiro atoms. The van der Waals surface area contributed by atoms with Crippen LogP contribution in [0.1, 0.15) is 37.5 Å². The maximum Gasteiger partial charge on any atom is 0.401 e. The van der Waals surface area contributed by atoms with E-state index in [4.69, 9.17) is 10.3 Å². The highest BCUT2D eigenvalue weighted by atomic mass is 19.4. The number of nitrogens with zero attached hydrogens (tertiary/aromatic N) is 5. The molecule has 4 aromatic rings. The summed E-state index contributed by atoms with van der Waals surface area (Å²) in [4.78, 5) is 20.4. The van der Waals surface area contributed by atoms with E-state index in [0.29, 0.717) is 5.65 Å². The van der Waals surface area contributed by atoms with Gasteiger partial charge in [0.25, 0.3) is 0 Å². The number of carbonyl (C=O) groups is 1. The van der Waals surface area contributed by atoms with Gasteiger partial charge >= 0.3 is 12.2 Å². The van der Waals surface area contributed by atoms with Crippen LogP contribution >= 0.6 is 0 Å². The number of aromatic nitrogens is 5. The first-order valence-corrected chi connectivity index (χ1v) is 11.2. The average Bonchev–Trinajstić information content (AvgIpc) is 3.75. The fourth-order valence-corrected chi connectivity index (χ4v) is 4.21. The van der Waals surface area contributed by atoms with Crippen molar-refractivity contribution >= 4 is 34.4 Å². The molecule has 2 aliphatic rings. The molecule has 192 valence electrons. The summed E-state index contributed by atoms with van der Waals surface area (Å²) in [6.07, 6.45) is -1.85. The van der Waals surface area contributed by atoms with Crippen LogP contribution < -0.4 is 16.4 Å². The van der Waals surface area contributed by atoms with Gasteiger partial charge in [0, 0.05) is 17.7 Å². The largest absolute Gasteiger partial charge is 0.401 e. The first kappa shape index (κ1) is 23.1. The Morgan fingerprint density at radius 2 is 1.86 bits per heavy atom. The lowest BCUT2D eigenvalue weighted by Crippen LogP contribution is -2.28. The average molecular weight is 520 g/mol. The molecule has 3 aromatic heterocycles. The molecule has 37 heavy (non-hydrogen) atoms. The number of halogens is 5. The molecule has 4 N–H and O–H groups in total. The summed E-state index contributed by atoms with van der Waals surface area (Å²) in [5, 5.41) is 12.4. The lowest BCUT2D eigenvalue weighted by molar-refractivity contribution is -0.165. The summed E-state index contributed by atoms with van der Waals surface area (Å²) in [7, 11) is 0. The number of nitrogens with two attached hydrogens (primary N) is 1. The van der Waals surface area contributed by atoms with Crippen LogP contribution in [-0.2, 0) is 5.41 Å². The highest BCUT2D eigenvalue weighted by Crippen LogP contribution is 2.59. The van der Waals surface area contributed by atoms with Crippen molar-refractivity contribution in [2.75, 3.05) is 16.4 Å². The van der Waals surface area contributed by atoms with Crippen molar-refractivity contribution in [2.24, 2.45) is 0 Å². The fourth-order valence-electron chi connectivity index (χ4n) is 4.21. The molecule has 10 nitrogen and oxygen atoms in total. The van der Waals surface area contributed by atoms with Crippen LogP contribution in [0.4, 0.5) is 44.1 Å². The zero-order chi connectivity index (χ0) is 26.1. The zero-order valence-electron chi connectivity index (χ0n) is 18.7. The number of rotatable bonds is 5. The van der Waals surface area contributed by atoms with Gasteiger partial charge in [0.1, 0.15) is 34.9 Å². The predicted molar refractivity (Wildman–Crippen MR) is 119 cm³/mol. The first-order valence-electron chi connectivity index (χ1n) is 11.2. The van der Waals surface area contributed by atoms with E-state index in [1.54, 1.807) is 4.68 Å². The number of urea groups is 1. The lowest BCUT2D eigenvalue weighted by atomic mass is 10.0. The Kier molecular flexibility index (Phi) is 4.90. The molecule has 2 fully saturated rings. The SMILES string of the molecule is Nc1ncnc2c1c(-c1cc(F)c(NC(=O)Nc3cc(C4(C(F)(F)F)CC4)on3)cc1F)nn2C1CC1. The summed E-state index contributed by atoms with van der Waals surface area (Å²) >= 11 is 0. The van der Waals surface area contributed by atoms with Crippen molar-refractivity contribution in [2.45, 2.75) is 43.3 Å². The summed E-state index contributed by atoms with van der Waals surface area (Å²) in [6, 6.07) is 1.57. The van der Waals surface area contributed by atoms with Crippen LogP contribution in [0.2, 0.25) is 0 Å². The number of hydrogen-bond acceptors (Lipinski definition) is 7. The molecule has 0 aliphatic heterocycles. The minimum atomic E-state index is -4.52. The third kappa shape index (κ3) is 3.81. The number of carbonyl (C=O) groups excluding carboxylic acids is 1. The molecule has 0 saturated heterocycles. The number of anilines is 3. The van der Waals surface area contributed by atoms with E-state index in [1.807, 2.05) is 0 Å². The lowest BCUT2D eigenvalue weighted by Gasteiger charge is -2.15. The molecule has 0 radical (unpaired) electrons. The van der Waals surface area contributed by atoms with E-state index in [2.05, 4.69) is 30.9 Å². The van der Waals surface area contributed by atoms with Crippen LogP contribution in [0, 0.1) is 11.6 Å². The summed E-state index contributed by atoms with van der Waals surface area (Å²) in [5.74, 6) is -2.59. The minimum absolute atomic E-state index is 0.0544. The number of nitrogen functional groups attached to an aromatic ring is 1. The monoisotopic (exact) mass is 520 g/mol. The van der Waals surface area contributed by atoms with Crippen molar-refractivity contribution in [3.63, 3.8) is 0 Å². The van der Waals surface area contributed by atoms with Crippen LogP contribution in [0.3, 0.4) is 0 Å². The number of benzene rings is 1. The molecule has 0 atom stereocenters. The van der Waals surface area contributed by atoms with E-state index in [-0.39, 0.29) is 47.2 Å². The molecular formula is C22H17F5N8O2.